The standard InChI is InChI=1S/C46H50N4O.Cu/c1-9-29-31(11-3)43-44-32(12-4)30(10-2)40(48-44)38(28-25-21-18-22-26-28)42-34(14-6)36(16-8)46(50-42)51-45-35(15-7)33(13-5)41(49-45)37(39(29)47-43)27-23-19-17-20-24-27;/h17-26H,9-16H2,1-8H3;/q-2;+2. The van der Waals surface area contributed by atoms with Crippen LogP contribution in [0.5, 0.6) is 0 Å². The average Bonchev–Trinajstić information content (AvgIpc) is 3.91. The van der Waals surface area contributed by atoms with Gasteiger partial charge in [0.15, 0.2) is 0 Å². The molecule has 0 amide bonds. The Morgan fingerprint density at radius 3 is 1.06 bits per heavy atom. The van der Waals surface area contributed by atoms with Crippen LogP contribution in [0, 0.1) is 0 Å². The van der Waals surface area contributed by atoms with Gasteiger partial charge in [-0.25, -0.2) is 9.97 Å². The van der Waals surface area contributed by atoms with E-state index in [1.165, 1.54) is 33.4 Å². The number of rotatable bonds is 10. The molecule has 6 heteroatoms. The van der Waals surface area contributed by atoms with Crippen molar-refractivity contribution in [3.05, 3.63) is 106 Å². The fourth-order valence-corrected chi connectivity index (χ4v) is 8.56. The Bertz CT molecular complexity index is 2170. The van der Waals surface area contributed by atoms with Gasteiger partial charge in [0, 0.05) is 11.4 Å². The first kappa shape index (κ1) is 37.4. The van der Waals surface area contributed by atoms with Gasteiger partial charge >= 0.3 is 17.1 Å². The van der Waals surface area contributed by atoms with Crippen molar-refractivity contribution in [1.29, 1.82) is 0 Å². The van der Waals surface area contributed by atoms with Crippen molar-refractivity contribution in [3.63, 3.8) is 0 Å². The summed E-state index contributed by atoms with van der Waals surface area (Å²) in [4.78, 5) is 22.2. The van der Waals surface area contributed by atoms with Crippen LogP contribution in [-0.4, -0.2) is 9.97 Å². The second-order valence-corrected chi connectivity index (χ2v) is 13.4. The number of fused-ring (bicyclic) bond motifs is 9. The van der Waals surface area contributed by atoms with Crippen molar-refractivity contribution in [2.24, 2.45) is 0 Å². The number of benzene rings is 2. The molecule has 0 saturated carbocycles. The maximum atomic E-state index is 7.00. The van der Waals surface area contributed by atoms with Gasteiger partial charge in [-0.3, -0.25) is 0 Å². The van der Waals surface area contributed by atoms with Crippen molar-refractivity contribution in [2.45, 2.75) is 107 Å². The van der Waals surface area contributed by atoms with E-state index in [0.29, 0.717) is 11.4 Å². The van der Waals surface area contributed by atoms with Crippen molar-refractivity contribution >= 4 is 44.8 Å². The van der Waals surface area contributed by atoms with E-state index in [9.17, 15) is 0 Å². The van der Waals surface area contributed by atoms with E-state index in [2.05, 4.69) is 116 Å². The predicted molar refractivity (Wildman–Crippen MR) is 214 cm³/mol. The molecule has 5 aromatic rings. The van der Waals surface area contributed by atoms with Crippen LogP contribution in [-0.2, 0) is 42.8 Å². The summed E-state index contributed by atoms with van der Waals surface area (Å²) in [5, 5.41) is 0. The summed E-state index contributed by atoms with van der Waals surface area (Å²) < 4.78 is 7.00. The third-order valence-corrected chi connectivity index (χ3v) is 10.9. The largest absolute Gasteiger partial charge is 2.00 e. The van der Waals surface area contributed by atoms with Gasteiger partial charge in [-0.15, -0.1) is 11.0 Å². The SMILES string of the molecule is CCC1=C(CC)c2nc1c1nc(c(-c3ccccc3)c3[n-]c(oc4[n-]c(c(CC)c4CC)c2-c2ccccc2)c(CC)c3CC)C(CC)=C1CC.[Cu+2]. The van der Waals surface area contributed by atoms with Crippen LogP contribution in [0.2, 0.25) is 0 Å². The number of nitrogens with zero attached hydrogens (tertiary/aromatic N) is 4. The molecule has 3 aromatic heterocycles. The predicted octanol–water partition coefficient (Wildman–Crippen LogP) is 12.2. The van der Waals surface area contributed by atoms with Crippen LogP contribution in [0.3, 0.4) is 0 Å². The summed E-state index contributed by atoms with van der Waals surface area (Å²) in [7, 11) is 0. The number of hydrogen-bond donors (Lipinski definition) is 0. The fourth-order valence-electron chi connectivity index (χ4n) is 8.56. The average molecular weight is 738 g/mol. The second kappa shape index (κ2) is 15.7. The first-order valence-corrected chi connectivity index (χ1v) is 19.3. The third kappa shape index (κ3) is 5.94. The number of aromatic nitrogens is 4. The summed E-state index contributed by atoms with van der Waals surface area (Å²) in [5.41, 5.74) is 21.5. The molecule has 0 atom stereocenters. The molecule has 5 heterocycles. The zero-order valence-electron chi connectivity index (χ0n) is 31.9. The molecule has 7 rings (SSSR count). The van der Waals surface area contributed by atoms with Crippen LogP contribution >= 0.6 is 0 Å². The maximum Gasteiger partial charge on any atom is 2.00 e. The molecule has 0 aliphatic carbocycles. The van der Waals surface area contributed by atoms with Crippen molar-refractivity contribution in [3.8, 4) is 22.3 Å². The van der Waals surface area contributed by atoms with Crippen LogP contribution in [0.4, 0.5) is 0 Å². The minimum Gasteiger partial charge on any atom is -0.626 e. The first-order chi connectivity index (χ1) is 25.0. The summed E-state index contributed by atoms with van der Waals surface area (Å²) in [5.74, 6) is 0. The molecule has 0 saturated heterocycles. The maximum absolute atomic E-state index is 7.00. The van der Waals surface area contributed by atoms with Gasteiger partial charge < -0.3 is 14.4 Å². The Labute approximate surface area is 319 Å². The molecule has 52 heavy (non-hydrogen) atoms. The first-order valence-electron chi connectivity index (χ1n) is 19.3. The van der Waals surface area contributed by atoms with Crippen LogP contribution in [0.25, 0.3) is 67.0 Å². The molecule has 2 aromatic carbocycles. The van der Waals surface area contributed by atoms with Gasteiger partial charge in [0.2, 0.25) is 0 Å². The van der Waals surface area contributed by atoms with Crippen molar-refractivity contribution in [2.75, 3.05) is 0 Å². The second-order valence-electron chi connectivity index (χ2n) is 13.4. The molecule has 2 aliphatic heterocycles. The van der Waals surface area contributed by atoms with Crippen LogP contribution < -0.4 is 9.97 Å². The summed E-state index contributed by atoms with van der Waals surface area (Å²) >= 11 is 0. The van der Waals surface area contributed by atoms with Gasteiger partial charge in [-0.1, -0.05) is 127 Å². The van der Waals surface area contributed by atoms with E-state index in [4.69, 9.17) is 24.4 Å². The minimum absolute atomic E-state index is 0. The Morgan fingerprint density at radius 2 is 0.750 bits per heavy atom. The summed E-state index contributed by atoms with van der Waals surface area (Å²) in [6.07, 6.45) is 6.75. The van der Waals surface area contributed by atoms with Gasteiger partial charge in [0.25, 0.3) is 0 Å². The number of hydrogen-bond acceptors (Lipinski definition) is 3. The van der Waals surface area contributed by atoms with Gasteiger partial charge in [-0.2, -0.15) is 0 Å². The molecular formula is C46H50CuN4O. The van der Waals surface area contributed by atoms with E-state index >= 15 is 0 Å². The Kier molecular flexibility index (Phi) is 11.3. The smallest absolute Gasteiger partial charge is 0.626 e. The quantitative estimate of drug-likeness (QED) is 0.133. The van der Waals surface area contributed by atoms with Gasteiger partial charge in [0.1, 0.15) is 0 Å². The van der Waals surface area contributed by atoms with Crippen LogP contribution in [0.1, 0.15) is 126 Å². The molecule has 0 unspecified atom stereocenters. The molecule has 0 fully saturated rings. The summed E-state index contributed by atoms with van der Waals surface area (Å²) in [6, 6.07) is 21.4. The van der Waals surface area contributed by atoms with Gasteiger partial charge in [0.05, 0.1) is 22.8 Å². The monoisotopic (exact) mass is 737 g/mol. The zero-order chi connectivity index (χ0) is 35.8. The number of allylic oxidation sites excluding steroid dienone is 4. The van der Waals surface area contributed by atoms with Crippen molar-refractivity contribution < 1.29 is 21.5 Å². The Balaban J connectivity index is 0.00000464. The van der Waals surface area contributed by atoms with Crippen molar-refractivity contribution in [1.82, 2.24) is 19.9 Å². The molecule has 1 radical (unpaired) electrons. The number of aryl methyl sites for hydroxylation is 4. The minimum atomic E-state index is 0. The third-order valence-electron chi connectivity index (χ3n) is 10.9. The van der Waals surface area contributed by atoms with E-state index in [1.54, 1.807) is 0 Å². The molecule has 2 aliphatic rings. The Hall–Kier alpha value is -4.38. The van der Waals surface area contributed by atoms with Gasteiger partial charge in [-0.05, 0) is 107 Å². The molecule has 0 spiro atoms. The molecule has 5 nitrogen and oxygen atoms in total. The molecule has 0 N–H and O–H groups in total. The molecule has 271 valence electrons. The topological polar surface area (TPSA) is 67.1 Å². The van der Waals surface area contributed by atoms with E-state index in [-0.39, 0.29) is 17.1 Å². The fraction of sp³-hybridized carbons (Fsp3) is 0.348. The molecular weight excluding hydrogens is 688 g/mol. The van der Waals surface area contributed by atoms with E-state index < -0.39 is 0 Å². The zero-order valence-corrected chi connectivity index (χ0v) is 32.9. The summed E-state index contributed by atoms with van der Waals surface area (Å²) in [6.45, 7) is 17.9. The Morgan fingerprint density at radius 1 is 0.423 bits per heavy atom. The van der Waals surface area contributed by atoms with Crippen LogP contribution in [0.15, 0.2) is 65.1 Å². The normalized spacial score (nSPS) is 12.9. The van der Waals surface area contributed by atoms with E-state index in [1.807, 2.05) is 0 Å². The van der Waals surface area contributed by atoms with E-state index in [0.717, 1.165) is 119 Å². The molecule has 8 bridgehead atoms.